The zero-order valence-corrected chi connectivity index (χ0v) is 15.3. The quantitative estimate of drug-likeness (QED) is 0.324. The van der Waals surface area contributed by atoms with Crippen LogP contribution in [0.1, 0.15) is 90.9 Å². The van der Waals surface area contributed by atoms with Crippen molar-refractivity contribution in [2.45, 2.75) is 96.5 Å². The van der Waals surface area contributed by atoms with Crippen molar-refractivity contribution < 1.29 is 9.53 Å². The molecule has 2 nitrogen and oxygen atoms in total. The van der Waals surface area contributed by atoms with Gasteiger partial charge in [-0.25, -0.2) is 4.79 Å². The number of hydrogen-bond donors (Lipinski definition) is 0. The van der Waals surface area contributed by atoms with E-state index in [2.05, 4.69) is 20.4 Å². The molecule has 0 unspecified atom stereocenters. The molecule has 2 aliphatic carbocycles. The number of carbonyl (C=O) groups excluding carboxylic acids is 1. The fraction of sp³-hybridized carbons (Fsp3) is 0.857. The van der Waals surface area contributed by atoms with Crippen molar-refractivity contribution in [1.82, 2.24) is 0 Å². The van der Waals surface area contributed by atoms with Gasteiger partial charge in [-0.3, -0.25) is 0 Å². The van der Waals surface area contributed by atoms with E-state index >= 15 is 0 Å². The minimum absolute atomic E-state index is 0.251. The number of esters is 1. The van der Waals surface area contributed by atoms with Crippen molar-refractivity contribution in [2.24, 2.45) is 17.8 Å². The Morgan fingerprint density at radius 3 is 2.26 bits per heavy atom. The van der Waals surface area contributed by atoms with Gasteiger partial charge >= 0.3 is 5.97 Å². The standard InChI is InChI=1S/C21H36O2/c1-4-6-7-8-17-9-11-18(12-10-17)19-13-15-21(3,16-14-19)23-20(22)5-2/h5,17-19H,2,4,6-16H2,1,3H3. The summed E-state index contributed by atoms with van der Waals surface area (Å²) < 4.78 is 5.58. The molecule has 2 rings (SSSR count). The lowest BCUT2D eigenvalue weighted by Crippen LogP contribution is -2.37. The van der Waals surface area contributed by atoms with Gasteiger partial charge in [0.1, 0.15) is 5.60 Å². The molecule has 0 spiro atoms. The first-order valence-electron chi connectivity index (χ1n) is 9.91. The van der Waals surface area contributed by atoms with E-state index in [1.807, 2.05) is 0 Å². The third-order valence-electron chi connectivity index (χ3n) is 6.38. The number of carbonyl (C=O) groups is 1. The zero-order chi connectivity index (χ0) is 16.7. The normalized spacial score (nSPS) is 34.8. The second-order valence-electron chi connectivity index (χ2n) is 8.19. The molecule has 0 aromatic carbocycles. The van der Waals surface area contributed by atoms with E-state index in [9.17, 15) is 4.79 Å². The van der Waals surface area contributed by atoms with Crippen molar-refractivity contribution in [3.8, 4) is 0 Å². The lowest BCUT2D eigenvalue weighted by molar-refractivity contribution is -0.156. The minimum Gasteiger partial charge on any atom is -0.456 e. The summed E-state index contributed by atoms with van der Waals surface area (Å²) >= 11 is 0. The van der Waals surface area contributed by atoms with Gasteiger partial charge in [0.05, 0.1) is 0 Å². The Hall–Kier alpha value is -0.790. The van der Waals surface area contributed by atoms with Crippen molar-refractivity contribution >= 4 is 5.97 Å². The monoisotopic (exact) mass is 320 g/mol. The van der Waals surface area contributed by atoms with Gasteiger partial charge in [-0.2, -0.15) is 0 Å². The Morgan fingerprint density at radius 1 is 1.09 bits per heavy atom. The molecule has 0 bridgehead atoms. The molecule has 0 aliphatic heterocycles. The van der Waals surface area contributed by atoms with Crippen LogP contribution in [0.4, 0.5) is 0 Å². The van der Waals surface area contributed by atoms with Crippen molar-refractivity contribution in [3.63, 3.8) is 0 Å². The Kier molecular flexibility index (Phi) is 7.17. The molecular formula is C21H36O2. The third kappa shape index (κ3) is 5.65. The van der Waals surface area contributed by atoms with Crippen LogP contribution in [0.5, 0.6) is 0 Å². The number of ether oxygens (including phenoxy) is 1. The SMILES string of the molecule is C=CC(=O)OC1(C)CCC(C2CCC(CCCCC)CC2)CC1. The second-order valence-corrected chi connectivity index (χ2v) is 8.19. The van der Waals surface area contributed by atoms with E-state index in [4.69, 9.17) is 4.74 Å². The van der Waals surface area contributed by atoms with E-state index in [-0.39, 0.29) is 11.6 Å². The van der Waals surface area contributed by atoms with Gasteiger partial charge in [0.15, 0.2) is 0 Å². The average molecular weight is 321 g/mol. The largest absolute Gasteiger partial charge is 0.456 e. The molecule has 2 fully saturated rings. The summed E-state index contributed by atoms with van der Waals surface area (Å²) in [6.07, 6.45) is 17.2. The molecule has 0 atom stereocenters. The van der Waals surface area contributed by atoms with E-state index in [1.165, 1.54) is 70.3 Å². The lowest BCUT2D eigenvalue weighted by Gasteiger charge is -2.41. The summed E-state index contributed by atoms with van der Waals surface area (Å²) in [4.78, 5) is 11.5. The molecule has 2 heteroatoms. The summed E-state index contributed by atoms with van der Waals surface area (Å²) in [5.74, 6) is 2.53. The minimum atomic E-state index is -0.265. The number of rotatable bonds is 7. The van der Waals surface area contributed by atoms with Gasteiger partial charge < -0.3 is 4.74 Å². The van der Waals surface area contributed by atoms with Crippen molar-refractivity contribution in [1.29, 1.82) is 0 Å². The molecule has 0 amide bonds. The van der Waals surface area contributed by atoms with Gasteiger partial charge in [0.25, 0.3) is 0 Å². The maximum absolute atomic E-state index is 11.5. The highest BCUT2D eigenvalue weighted by atomic mass is 16.6. The first-order valence-corrected chi connectivity index (χ1v) is 9.91. The van der Waals surface area contributed by atoms with Crippen LogP contribution in [-0.4, -0.2) is 11.6 Å². The smallest absolute Gasteiger partial charge is 0.330 e. The number of hydrogen-bond acceptors (Lipinski definition) is 2. The van der Waals surface area contributed by atoms with Crippen LogP contribution >= 0.6 is 0 Å². The van der Waals surface area contributed by atoms with Gasteiger partial charge in [0.2, 0.25) is 0 Å². The summed E-state index contributed by atoms with van der Waals surface area (Å²) in [5, 5.41) is 0. The van der Waals surface area contributed by atoms with E-state index in [0.717, 1.165) is 30.6 Å². The Balaban J connectivity index is 1.70. The van der Waals surface area contributed by atoms with Crippen LogP contribution in [0, 0.1) is 17.8 Å². The second kappa shape index (κ2) is 8.89. The highest BCUT2D eigenvalue weighted by Crippen LogP contribution is 2.44. The highest BCUT2D eigenvalue weighted by Gasteiger charge is 2.37. The Bertz CT molecular complexity index is 371. The molecule has 0 aromatic rings. The van der Waals surface area contributed by atoms with Crippen LogP contribution in [-0.2, 0) is 9.53 Å². The molecule has 2 aliphatic rings. The van der Waals surface area contributed by atoms with Crippen LogP contribution in [0.25, 0.3) is 0 Å². The predicted octanol–water partition coefficient (Wildman–Crippen LogP) is 6.05. The molecular weight excluding hydrogens is 284 g/mol. The first kappa shape index (κ1) is 18.5. The Labute approximate surface area is 143 Å². The van der Waals surface area contributed by atoms with Gasteiger partial charge in [0, 0.05) is 6.08 Å². The molecule has 0 saturated heterocycles. The number of unbranched alkanes of at least 4 members (excludes halogenated alkanes) is 2. The maximum atomic E-state index is 11.5. The topological polar surface area (TPSA) is 26.3 Å². The van der Waals surface area contributed by atoms with Crippen LogP contribution in [0.2, 0.25) is 0 Å². The Morgan fingerprint density at radius 2 is 1.70 bits per heavy atom. The lowest BCUT2D eigenvalue weighted by atomic mass is 9.68. The van der Waals surface area contributed by atoms with Crippen LogP contribution in [0.3, 0.4) is 0 Å². The summed E-state index contributed by atoms with van der Waals surface area (Å²) in [7, 11) is 0. The zero-order valence-electron chi connectivity index (χ0n) is 15.3. The fourth-order valence-electron chi connectivity index (χ4n) is 4.74. The predicted molar refractivity (Wildman–Crippen MR) is 96.2 cm³/mol. The van der Waals surface area contributed by atoms with Crippen molar-refractivity contribution in [2.75, 3.05) is 0 Å². The summed E-state index contributed by atoms with van der Waals surface area (Å²) in [5.41, 5.74) is -0.251. The first-order chi connectivity index (χ1) is 11.1. The summed E-state index contributed by atoms with van der Waals surface area (Å²) in [6.45, 7) is 7.89. The highest BCUT2D eigenvalue weighted by molar-refractivity contribution is 5.81. The van der Waals surface area contributed by atoms with Crippen molar-refractivity contribution in [3.05, 3.63) is 12.7 Å². The fourth-order valence-corrected chi connectivity index (χ4v) is 4.74. The van der Waals surface area contributed by atoms with Crippen LogP contribution in [0.15, 0.2) is 12.7 Å². The molecule has 0 aromatic heterocycles. The third-order valence-corrected chi connectivity index (χ3v) is 6.38. The molecule has 0 heterocycles. The van der Waals surface area contributed by atoms with Gasteiger partial charge in [-0.1, -0.05) is 52.0 Å². The molecule has 2 saturated carbocycles. The van der Waals surface area contributed by atoms with Gasteiger partial charge in [-0.15, -0.1) is 0 Å². The van der Waals surface area contributed by atoms with E-state index in [1.54, 1.807) is 0 Å². The molecule has 132 valence electrons. The van der Waals surface area contributed by atoms with Crippen LogP contribution < -0.4 is 0 Å². The molecule has 0 radical (unpaired) electrons. The maximum Gasteiger partial charge on any atom is 0.330 e. The molecule has 0 N–H and O–H groups in total. The van der Waals surface area contributed by atoms with E-state index < -0.39 is 0 Å². The summed E-state index contributed by atoms with van der Waals surface area (Å²) in [6, 6.07) is 0. The van der Waals surface area contributed by atoms with E-state index in [0.29, 0.717) is 0 Å². The molecule has 23 heavy (non-hydrogen) atoms. The average Bonchev–Trinajstić information content (AvgIpc) is 2.56. The van der Waals surface area contributed by atoms with Gasteiger partial charge in [-0.05, 0) is 63.2 Å².